The molecule has 1 aliphatic heterocycles. The Bertz CT molecular complexity index is 315. The van der Waals surface area contributed by atoms with E-state index >= 15 is 0 Å². The summed E-state index contributed by atoms with van der Waals surface area (Å²) >= 11 is 1.77. The Morgan fingerprint density at radius 3 is 3.18 bits per heavy atom. The van der Waals surface area contributed by atoms with E-state index in [9.17, 15) is 0 Å². The molecule has 0 aromatic carbocycles. The van der Waals surface area contributed by atoms with E-state index in [1.54, 1.807) is 11.3 Å². The van der Waals surface area contributed by atoms with Gasteiger partial charge in [-0.05, 0) is 42.9 Å². The normalized spacial score (nSPS) is 25.4. The van der Waals surface area contributed by atoms with E-state index in [-0.39, 0.29) is 0 Å². The van der Waals surface area contributed by atoms with Crippen molar-refractivity contribution in [2.45, 2.75) is 19.0 Å². The first-order valence-electron chi connectivity index (χ1n) is 6.24. The molecule has 1 fully saturated rings. The predicted molar refractivity (Wildman–Crippen MR) is 72.4 cm³/mol. The Labute approximate surface area is 108 Å². The molecule has 0 aliphatic carbocycles. The highest BCUT2D eigenvalue weighted by atomic mass is 32.1. The van der Waals surface area contributed by atoms with Crippen LogP contribution in [0, 0.1) is 5.92 Å². The molecule has 96 valence electrons. The van der Waals surface area contributed by atoms with Gasteiger partial charge in [0, 0.05) is 31.7 Å². The second-order valence-corrected chi connectivity index (χ2v) is 5.63. The zero-order valence-corrected chi connectivity index (χ0v) is 11.5. The molecule has 1 N–H and O–H groups in total. The maximum atomic E-state index is 5.59. The molecule has 2 unspecified atom stereocenters. The third-order valence-electron chi connectivity index (χ3n) is 3.42. The topological polar surface area (TPSA) is 24.5 Å². The van der Waals surface area contributed by atoms with Crippen LogP contribution in [0.15, 0.2) is 16.8 Å². The van der Waals surface area contributed by atoms with Crippen molar-refractivity contribution in [1.29, 1.82) is 0 Å². The Morgan fingerprint density at radius 2 is 2.47 bits per heavy atom. The van der Waals surface area contributed by atoms with E-state index in [0.717, 1.165) is 32.7 Å². The van der Waals surface area contributed by atoms with Crippen LogP contribution in [0.25, 0.3) is 0 Å². The van der Waals surface area contributed by atoms with Gasteiger partial charge in [0.25, 0.3) is 0 Å². The monoisotopic (exact) mass is 254 g/mol. The standard InChI is InChI=1S/C13H22N2OS/c1-14-13-3-5-16-9-12(13)8-15(2)7-11-4-6-17-10-11/h4,6,10,12-14H,3,5,7-9H2,1-2H3. The first-order chi connectivity index (χ1) is 8.29. The summed E-state index contributed by atoms with van der Waals surface area (Å²) in [6, 6.07) is 2.81. The summed E-state index contributed by atoms with van der Waals surface area (Å²) in [6.45, 7) is 3.92. The minimum Gasteiger partial charge on any atom is -0.381 e. The van der Waals surface area contributed by atoms with Crippen molar-refractivity contribution in [2.75, 3.05) is 33.9 Å². The van der Waals surface area contributed by atoms with Gasteiger partial charge in [0.15, 0.2) is 0 Å². The van der Waals surface area contributed by atoms with E-state index in [0.29, 0.717) is 12.0 Å². The summed E-state index contributed by atoms with van der Waals surface area (Å²) in [5.41, 5.74) is 1.41. The predicted octanol–water partition coefficient (Wildman–Crippen LogP) is 1.80. The van der Waals surface area contributed by atoms with Gasteiger partial charge in [-0.15, -0.1) is 0 Å². The average Bonchev–Trinajstić information content (AvgIpc) is 2.82. The molecule has 1 aromatic rings. The van der Waals surface area contributed by atoms with Gasteiger partial charge in [0.05, 0.1) is 6.61 Å². The molecule has 0 saturated carbocycles. The van der Waals surface area contributed by atoms with Gasteiger partial charge in [0.1, 0.15) is 0 Å². The van der Waals surface area contributed by atoms with Gasteiger partial charge >= 0.3 is 0 Å². The molecular weight excluding hydrogens is 232 g/mol. The van der Waals surface area contributed by atoms with Crippen LogP contribution in [0.1, 0.15) is 12.0 Å². The summed E-state index contributed by atoms with van der Waals surface area (Å²) in [6.07, 6.45) is 1.13. The number of hydrogen-bond donors (Lipinski definition) is 1. The van der Waals surface area contributed by atoms with Gasteiger partial charge in [0.2, 0.25) is 0 Å². The largest absolute Gasteiger partial charge is 0.381 e. The van der Waals surface area contributed by atoms with Gasteiger partial charge < -0.3 is 15.0 Å². The molecule has 1 aliphatic rings. The number of nitrogens with zero attached hydrogens (tertiary/aromatic N) is 1. The molecule has 0 amide bonds. The third-order valence-corrected chi connectivity index (χ3v) is 4.16. The minimum absolute atomic E-state index is 0.605. The second-order valence-electron chi connectivity index (χ2n) is 4.85. The zero-order valence-electron chi connectivity index (χ0n) is 10.7. The Balaban J connectivity index is 1.82. The third kappa shape index (κ3) is 3.78. The molecule has 0 bridgehead atoms. The molecular formula is C13H22N2OS. The van der Waals surface area contributed by atoms with Crippen LogP contribution in [0.4, 0.5) is 0 Å². The average molecular weight is 254 g/mol. The molecule has 2 rings (SSSR count). The van der Waals surface area contributed by atoms with Gasteiger partial charge in [-0.1, -0.05) is 0 Å². The lowest BCUT2D eigenvalue weighted by molar-refractivity contribution is 0.0208. The molecule has 0 radical (unpaired) electrons. The first kappa shape index (κ1) is 13.0. The maximum absolute atomic E-state index is 5.59. The summed E-state index contributed by atoms with van der Waals surface area (Å²) in [4.78, 5) is 2.39. The van der Waals surface area contributed by atoms with Crippen LogP contribution in [0.3, 0.4) is 0 Å². The van der Waals surface area contributed by atoms with Gasteiger partial charge in [-0.25, -0.2) is 0 Å². The number of rotatable bonds is 5. The lowest BCUT2D eigenvalue weighted by atomic mass is 9.95. The number of ether oxygens (including phenoxy) is 1. The fraction of sp³-hybridized carbons (Fsp3) is 0.692. The van der Waals surface area contributed by atoms with Gasteiger partial charge in [-0.3, -0.25) is 0 Å². The van der Waals surface area contributed by atoms with Crippen LogP contribution in [-0.4, -0.2) is 44.8 Å². The molecule has 1 saturated heterocycles. The van der Waals surface area contributed by atoms with Crippen molar-refractivity contribution in [3.8, 4) is 0 Å². The van der Waals surface area contributed by atoms with Crippen molar-refractivity contribution in [2.24, 2.45) is 5.92 Å². The SMILES string of the molecule is CNC1CCOCC1CN(C)Cc1ccsc1. The number of thiophene rings is 1. The Kier molecular flexibility index (Phi) is 4.98. The van der Waals surface area contributed by atoms with Crippen LogP contribution >= 0.6 is 11.3 Å². The highest BCUT2D eigenvalue weighted by Crippen LogP contribution is 2.17. The zero-order chi connectivity index (χ0) is 12.1. The Morgan fingerprint density at radius 1 is 1.59 bits per heavy atom. The highest BCUT2D eigenvalue weighted by Gasteiger charge is 2.25. The lowest BCUT2D eigenvalue weighted by Gasteiger charge is -2.34. The second kappa shape index (κ2) is 6.50. The van der Waals surface area contributed by atoms with Crippen molar-refractivity contribution >= 4 is 11.3 Å². The van der Waals surface area contributed by atoms with E-state index in [4.69, 9.17) is 4.74 Å². The van der Waals surface area contributed by atoms with E-state index < -0.39 is 0 Å². The molecule has 2 atom stereocenters. The van der Waals surface area contributed by atoms with Crippen molar-refractivity contribution < 1.29 is 4.74 Å². The molecule has 17 heavy (non-hydrogen) atoms. The lowest BCUT2D eigenvalue weighted by Crippen LogP contribution is -2.45. The fourth-order valence-corrected chi connectivity index (χ4v) is 3.18. The Hall–Kier alpha value is -0.420. The van der Waals surface area contributed by atoms with Crippen LogP contribution in [0.2, 0.25) is 0 Å². The number of hydrogen-bond acceptors (Lipinski definition) is 4. The van der Waals surface area contributed by atoms with Crippen molar-refractivity contribution in [3.63, 3.8) is 0 Å². The smallest absolute Gasteiger partial charge is 0.0521 e. The first-order valence-corrected chi connectivity index (χ1v) is 7.18. The van der Waals surface area contributed by atoms with Crippen LogP contribution in [-0.2, 0) is 11.3 Å². The fourth-order valence-electron chi connectivity index (χ4n) is 2.52. The van der Waals surface area contributed by atoms with Gasteiger partial charge in [-0.2, -0.15) is 11.3 Å². The van der Waals surface area contributed by atoms with E-state index in [1.807, 2.05) is 0 Å². The highest BCUT2D eigenvalue weighted by molar-refractivity contribution is 7.07. The summed E-state index contributed by atoms with van der Waals surface area (Å²) in [7, 11) is 4.25. The van der Waals surface area contributed by atoms with Crippen molar-refractivity contribution in [3.05, 3.63) is 22.4 Å². The quantitative estimate of drug-likeness (QED) is 0.867. The van der Waals surface area contributed by atoms with Crippen LogP contribution < -0.4 is 5.32 Å². The van der Waals surface area contributed by atoms with E-state index in [1.165, 1.54) is 5.56 Å². The summed E-state index contributed by atoms with van der Waals surface area (Å²) in [5.74, 6) is 0.609. The molecule has 0 spiro atoms. The van der Waals surface area contributed by atoms with Crippen molar-refractivity contribution in [1.82, 2.24) is 10.2 Å². The summed E-state index contributed by atoms with van der Waals surface area (Å²) in [5, 5.41) is 7.78. The molecule has 2 heterocycles. The summed E-state index contributed by atoms with van der Waals surface area (Å²) < 4.78 is 5.59. The molecule has 4 heteroatoms. The van der Waals surface area contributed by atoms with E-state index in [2.05, 4.69) is 41.1 Å². The minimum atomic E-state index is 0.605. The van der Waals surface area contributed by atoms with Crippen LogP contribution in [0.5, 0.6) is 0 Å². The molecule has 1 aromatic heterocycles. The molecule has 3 nitrogen and oxygen atoms in total. The maximum Gasteiger partial charge on any atom is 0.0521 e. The number of nitrogens with one attached hydrogen (secondary N) is 1.